The molecule has 2 heterocycles. The highest BCUT2D eigenvalue weighted by molar-refractivity contribution is 5.40. The fourth-order valence-electron chi connectivity index (χ4n) is 2.06. The van der Waals surface area contributed by atoms with Crippen LogP contribution in [0.1, 0.15) is 6.42 Å². The quantitative estimate of drug-likeness (QED) is 0.668. The molecule has 3 heteroatoms. The van der Waals surface area contributed by atoms with Crippen LogP contribution in [0.5, 0.6) is 11.5 Å². The topological polar surface area (TPSA) is 30.5 Å². The summed E-state index contributed by atoms with van der Waals surface area (Å²) in [6, 6.07) is 8.22. The van der Waals surface area contributed by atoms with Crippen LogP contribution in [0.25, 0.3) is 0 Å². The molecule has 1 N–H and O–H groups in total. The zero-order valence-corrected chi connectivity index (χ0v) is 7.90. The van der Waals surface area contributed by atoms with E-state index in [9.17, 15) is 0 Å². The van der Waals surface area contributed by atoms with Crippen molar-refractivity contribution in [1.82, 2.24) is 5.32 Å². The minimum atomic E-state index is 0.277. The number of ether oxygens (including phenoxy) is 2. The number of nitrogens with one attached hydrogen (secondary N) is 1. The molecule has 0 amide bonds. The average molecular weight is 191 g/mol. The van der Waals surface area contributed by atoms with Gasteiger partial charge in [-0.1, -0.05) is 12.1 Å². The maximum absolute atomic E-state index is 5.89. The molecule has 1 aromatic rings. The molecule has 1 saturated heterocycles. The number of hydrogen-bond acceptors (Lipinski definition) is 3. The van der Waals surface area contributed by atoms with Gasteiger partial charge in [-0.3, -0.25) is 0 Å². The van der Waals surface area contributed by atoms with Crippen molar-refractivity contribution in [2.24, 2.45) is 0 Å². The predicted molar refractivity (Wildman–Crippen MR) is 52.8 cm³/mol. The number of benzene rings is 1. The molecule has 2 atom stereocenters. The molecule has 0 aromatic heterocycles. The highest BCUT2D eigenvalue weighted by atomic mass is 16.5. The van der Waals surface area contributed by atoms with Crippen molar-refractivity contribution >= 4 is 0 Å². The molecule has 3 rings (SSSR count). The Labute approximate surface area is 83.0 Å². The average Bonchev–Trinajstić information content (AvgIpc) is 2.58. The van der Waals surface area contributed by atoms with Crippen molar-refractivity contribution in [3.05, 3.63) is 24.3 Å². The third-order valence-electron chi connectivity index (χ3n) is 2.83. The lowest BCUT2D eigenvalue weighted by Crippen LogP contribution is -2.37. The summed E-state index contributed by atoms with van der Waals surface area (Å²) in [4.78, 5) is 0. The number of para-hydroxylation sites is 2. The Bertz CT molecular complexity index is 340. The van der Waals surface area contributed by atoms with Crippen molar-refractivity contribution < 1.29 is 9.47 Å². The lowest BCUT2D eigenvalue weighted by Gasteiger charge is -2.15. The molecule has 1 fully saturated rings. The fourth-order valence-corrected chi connectivity index (χ4v) is 2.06. The number of rotatable bonds is 0. The molecule has 2 unspecified atom stereocenters. The first-order chi connectivity index (χ1) is 6.93. The summed E-state index contributed by atoms with van der Waals surface area (Å²) in [5, 5.41) is 3.38. The molecule has 2 aliphatic rings. The Morgan fingerprint density at radius 1 is 1.21 bits per heavy atom. The van der Waals surface area contributed by atoms with Gasteiger partial charge in [0.25, 0.3) is 0 Å². The van der Waals surface area contributed by atoms with Crippen LogP contribution in [0.2, 0.25) is 0 Å². The van der Waals surface area contributed by atoms with Gasteiger partial charge in [0, 0.05) is 0 Å². The fraction of sp³-hybridized carbons (Fsp3) is 0.455. The lowest BCUT2D eigenvalue weighted by molar-refractivity contribution is 0.180. The van der Waals surface area contributed by atoms with Gasteiger partial charge < -0.3 is 14.8 Å². The second-order valence-electron chi connectivity index (χ2n) is 3.76. The highest BCUT2D eigenvalue weighted by Gasteiger charge is 2.32. The third kappa shape index (κ3) is 1.24. The molecule has 0 bridgehead atoms. The van der Waals surface area contributed by atoms with Gasteiger partial charge in [-0.15, -0.1) is 0 Å². The molecule has 0 spiro atoms. The van der Waals surface area contributed by atoms with E-state index in [1.807, 2.05) is 24.3 Å². The zero-order chi connectivity index (χ0) is 9.38. The normalized spacial score (nSPS) is 29.4. The van der Waals surface area contributed by atoms with Gasteiger partial charge in [0.15, 0.2) is 11.5 Å². The molecule has 14 heavy (non-hydrogen) atoms. The molecule has 0 radical (unpaired) electrons. The molecule has 1 aromatic carbocycles. The summed E-state index contributed by atoms with van der Waals surface area (Å²) in [7, 11) is 0. The predicted octanol–water partition coefficient (Wildman–Crippen LogP) is 1.19. The van der Waals surface area contributed by atoms with E-state index >= 15 is 0 Å². The molecule has 0 saturated carbocycles. The number of hydrogen-bond donors (Lipinski definition) is 1. The van der Waals surface area contributed by atoms with E-state index in [1.165, 1.54) is 0 Å². The van der Waals surface area contributed by atoms with Gasteiger partial charge in [-0.2, -0.15) is 0 Å². The van der Waals surface area contributed by atoms with Crippen LogP contribution >= 0.6 is 0 Å². The van der Waals surface area contributed by atoms with Crippen molar-refractivity contribution in [2.45, 2.75) is 18.6 Å². The summed E-state index contributed by atoms with van der Waals surface area (Å²) in [6.45, 7) is 1.74. The third-order valence-corrected chi connectivity index (χ3v) is 2.83. The first-order valence-electron chi connectivity index (χ1n) is 5.05. The Kier molecular flexibility index (Phi) is 1.84. The van der Waals surface area contributed by atoms with Gasteiger partial charge in [-0.05, 0) is 25.1 Å². The van der Waals surface area contributed by atoms with Crippen LogP contribution in [-0.4, -0.2) is 25.3 Å². The van der Waals surface area contributed by atoms with Crippen LogP contribution in [0.4, 0.5) is 0 Å². The summed E-state index contributed by atoms with van der Waals surface area (Å²) in [6.07, 6.45) is 1.35. The second kappa shape index (κ2) is 3.17. The maximum atomic E-state index is 5.89. The van der Waals surface area contributed by atoms with Crippen molar-refractivity contribution in [3.63, 3.8) is 0 Å². The van der Waals surface area contributed by atoms with Gasteiger partial charge in [0.05, 0.1) is 6.04 Å². The largest absolute Gasteiger partial charge is 0.488 e. The minimum Gasteiger partial charge on any atom is -0.488 e. The van der Waals surface area contributed by atoms with Crippen molar-refractivity contribution in [1.29, 1.82) is 0 Å². The molecule has 2 aliphatic heterocycles. The van der Waals surface area contributed by atoms with Crippen LogP contribution < -0.4 is 14.8 Å². The number of fused-ring (bicyclic) bond motifs is 2. The maximum Gasteiger partial charge on any atom is 0.161 e. The summed E-state index contributed by atoms with van der Waals surface area (Å²) in [5.74, 6) is 1.74. The Morgan fingerprint density at radius 3 is 3.00 bits per heavy atom. The van der Waals surface area contributed by atoms with Gasteiger partial charge in [-0.25, -0.2) is 0 Å². The van der Waals surface area contributed by atoms with E-state index < -0.39 is 0 Å². The summed E-state index contributed by atoms with van der Waals surface area (Å²) >= 11 is 0. The van der Waals surface area contributed by atoms with E-state index in [0.717, 1.165) is 24.5 Å². The van der Waals surface area contributed by atoms with E-state index in [0.29, 0.717) is 12.6 Å². The Balaban J connectivity index is 1.93. The minimum absolute atomic E-state index is 0.277. The van der Waals surface area contributed by atoms with Crippen LogP contribution in [-0.2, 0) is 0 Å². The van der Waals surface area contributed by atoms with Gasteiger partial charge >= 0.3 is 0 Å². The molecular weight excluding hydrogens is 178 g/mol. The van der Waals surface area contributed by atoms with Crippen LogP contribution in [0.3, 0.4) is 0 Å². The standard InChI is InChI=1S/C11H13NO2/c1-2-4-11-10(3-1)13-7-8-9(14-11)5-6-12-8/h1-4,8-9,12H,5-7H2. The van der Waals surface area contributed by atoms with Gasteiger partial charge in [0.2, 0.25) is 0 Å². The van der Waals surface area contributed by atoms with Crippen molar-refractivity contribution in [3.8, 4) is 11.5 Å². The highest BCUT2D eigenvalue weighted by Crippen LogP contribution is 2.32. The second-order valence-corrected chi connectivity index (χ2v) is 3.76. The van der Waals surface area contributed by atoms with Crippen molar-refractivity contribution in [2.75, 3.05) is 13.2 Å². The van der Waals surface area contributed by atoms with Crippen LogP contribution in [0.15, 0.2) is 24.3 Å². The van der Waals surface area contributed by atoms with E-state index in [2.05, 4.69) is 5.32 Å². The molecule has 0 aliphatic carbocycles. The van der Waals surface area contributed by atoms with E-state index in [1.54, 1.807) is 0 Å². The molecule has 74 valence electrons. The van der Waals surface area contributed by atoms with E-state index in [4.69, 9.17) is 9.47 Å². The summed E-state index contributed by atoms with van der Waals surface area (Å²) < 4.78 is 11.6. The zero-order valence-electron chi connectivity index (χ0n) is 7.90. The Morgan fingerprint density at radius 2 is 2.07 bits per heavy atom. The monoisotopic (exact) mass is 191 g/mol. The molecular formula is C11H13NO2. The first kappa shape index (κ1) is 8.12. The van der Waals surface area contributed by atoms with E-state index in [-0.39, 0.29) is 6.10 Å². The Hall–Kier alpha value is -1.22. The SMILES string of the molecule is c1ccc2c(c1)OCC1NCCC1O2. The smallest absolute Gasteiger partial charge is 0.161 e. The summed E-state index contributed by atoms with van der Waals surface area (Å²) in [5.41, 5.74) is 0. The lowest BCUT2D eigenvalue weighted by atomic mass is 10.2. The van der Waals surface area contributed by atoms with Gasteiger partial charge in [0.1, 0.15) is 12.7 Å². The van der Waals surface area contributed by atoms with Crippen LogP contribution in [0, 0.1) is 0 Å². The molecule has 3 nitrogen and oxygen atoms in total. The first-order valence-corrected chi connectivity index (χ1v) is 5.05.